The second-order valence-corrected chi connectivity index (χ2v) is 24.3. The van der Waals surface area contributed by atoms with Gasteiger partial charge in [-0.15, -0.1) is 0 Å². The summed E-state index contributed by atoms with van der Waals surface area (Å²) in [6.07, 6.45) is 22.0. The van der Waals surface area contributed by atoms with Gasteiger partial charge < -0.3 is 56.8 Å². The minimum absolute atomic E-state index is 0.0410. The molecule has 414 valence electrons. The van der Waals surface area contributed by atoms with E-state index in [9.17, 15) is 0 Å². The minimum Gasteiger partial charge on any atom is -0.376 e. The first kappa shape index (κ1) is 58.2. The van der Waals surface area contributed by atoms with Gasteiger partial charge in [0.2, 0.25) is 0 Å². The molecule has 8 aliphatic carbocycles. The van der Waals surface area contributed by atoms with E-state index in [1.807, 2.05) is 6.92 Å². The van der Waals surface area contributed by atoms with E-state index in [4.69, 9.17) is 56.8 Å². The summed E-state index contributed by atoms with van der Waals surface area (Å²) in [5, 5.41) is 0. The van der Waals surface area contributed by atoms with E-state index < -0.39 is 52.5 Å². The summed E-state index contributed by atoms with van der Waals surface area (Å²) < 4.78 is 96.0. The summed E-state index contributed by atoms with van der Waals surface area (Å²) in [5.41, 5.74) is -0.669. The Balaban J connectivity index is 1.71. The van der Waals surface area contributed by atoms with Crippen molar-refractivity contribution in [3.8, 4) is 0 Å². The Bertz CT molecular complexity index is 1530. The molecule has 8 unspecified atom stereocenters. The fourth-order valence-corrected chi connectivity index (χ4v) is 14.0. The molecule has 8 aliphatic rings. The molecule has 12 heteroatoms. The van der Waals surface area contributed by atoms with Gasteiger partial charge in [-0.1, -0.05) is 100 Å². The predicted molar refractivity (Wildman–Crippen MR) is 277 cm³/mol. The number of unbranched alkanes of at least 4 members (excludes halogenated alkanes) is 5. The monoisotopic (exact) mass is 1010 g/mol. The molecule has 8 saturated carbocycles. The quantitative estimate of drug-likeness (QED) is 0.0445. The Kier molecular flexibility index (Phi) is 21.1. The van der Waals surface area contributed by atoms with Gasteiger partial charge in [0.15, 0.2) is 5.79 Å². The lowest BCUT2D eigenvalue weighted by molar-refractivity contribution is -0.555. The molecule has 0 radical (unpaired) electrons. The van der Waals surface area contributed by atoms with Crippen LogP contribution in [0.3, 0.4) is 0 Å². The molecule has 0 aliphatic heterocycles. The summed E-state index contributed by atoms with van der Waals surface area (Å²) in [6, 6.07) is 0. The van der Waals surface area contributed by atoms with Crippen molar-refractivity contribution in [2.45, 2.75) is 301 Å². The Morgan fingerprint density at radius 1 is 0.493 bits per heavy atom. The lowest BCUT2D eigenvalue weighted by Gasteiger charge is -2.62. The summed E-state index contributed by atoms with van der Waals surface area (Å²) >= 11 is 0. The topological polar surface area (TPSA) is 111 Å². The molecule has 8 atom stereocenters. The zero-order valence-electron chi connectivity index (χ0n) is 47.2. The van der Waals surface area contributed by atoms with Crippen molar-refractivity contribution < 1.29 is 56.8 Å². The zero-order chi connectivity index (χ0) is 50.8. The highest BCUT2D eigenvalue weighted by atomic mass is 16.9. The molecule has 0 heterocycles. The fourth-order valence-electron chi connectivity index (χ4n) is 14.0. The van der Waals surface area contributed by atoms with E-state index in [0.29, 0.717) is 69.4 Å². The van der Waals surface area contributed by atoms with Crippen LogP contribution in [0.25, 0.3) is 0 Å². The molecule has 0 spiro atoms. The summed E-state index contributed by atoms with van der Waals surface area (Å²) in [7, 11) is 1.78. The second-order valence-electron chi connectivity index (χ2n) is 24.3. The maximum absolute atomic E-state index is 8.81. The van der Waals surface area contributed by atoms with Gasteiger partial charge in [0.25, 0.3) is 28.9 Å². The Hall–Kier alpha value is -0.480. The van der Waals surface area contributed by atoms with Crippen LogP contribution in [0.15, 0.2) is 0 Å². The fraction of sp³-hybridized carbons (Fsp3) is 1.00. The molecular weight excluding hydrogens is 901 g/mol. The summed E-state index contributed by atoms with van der Waals surface area (Å²) in [5.74, 6) is -9.97. The highest BCUT2D eigenvalue weighted by Crippen LogP contribution is 2.73. The number of hydrogen-bond acceptors (Lipinski definition) is 12. The molecule has 0 N–H and O–H groups in total. The SMILES string of the molecule is CCCCCCOC1(OCCC(C)C)C(OCCCCC)(OC(C)CC)C(OCCC)(OCC(C)C)C(OC23CC4CC(CC(C4)C2)C3)(OC2(OCC)CCCC2OC)C1(OC1CCCC1)OC1CCC1. The molecule has 12 nitrogen and oxygen atoms in total. The summed E-state index contributed by atoms with van der Waals surface area (Å²) in [4.78, 5) is 0. The van der Waals surface area contributed by atoms with Gasteiger partial charge >= 0.3 is 0 Å². The first-order chi connectivity index (χ1) is 34.3. The average molecular weight is 1010 g/mol. The Morgan fingerprint density at radius 3 is 1.59 bits per heavy atom. The van der Waals surface area contributed by atoms with Crippen LogP contribution in [0.2, 0.25) is 0 Å². The van der Waals surface area contributed by atoms with Gasteiger partial charge in [0.05, 0.1) is 56.9 Å². The van der Waals surface area contributed by atoms with Gasteiger partial charge in [-0.05, 0) is 159 Å². The van der Waals surface area contributed by atoms with Crippen molar-refractivity contribution in [2.75, 3.05) is 46.8 Å². The average Bonchev–Trinajstić information content (AvgIpc) is 4.00. The molecule has 0 aromatic heterocycles. The van der Waals surface area contributed by atoms with Gasteiger partial charge in [0, 0.05) is 20.1 Å². The number of hydrogen-bond donors (Lipinski definition) is 0. The third-order valence-electron chi connectivity index (χ3n) is 17.4. The van der Waals surface area contributed by atoms with Gasteiger partial charge in [-0.25, -0.2) is 0 Å². The number of ether oxygens (including phenoxy) is 12. The lowest BCUT2D eigenvalue weighted by Crippen LogP contribution is -2.79. The maximum Gasteiger partial charge on any atom is 0.295 e. The van der Waals surface area contributed by atoms with Crippen molar-refractivity contribution in [1.29, 1.82) is 0 Å². The number of rotatable bonds is 35. The van der Waals surface area contributed by atoms with Crippen LogP contribution in [0.1, 0.15) is 236 Å². The molecular formula is C59H106O12. The van der Waals surface area contributed by atoms with E-state index >= 15 is 0 Å². The number of methoxy groups -OCH3 is 1. The van der Waals surface area contributed by atoms with Crippen LogP contribution in [-0.2, 0) is 56.8 Å². The Morgan fingerprint density at radius 2 is 1.06 bits per heavy atom. The van der Waals surface area contributed by atoms with Crippen LogP contribution >= 0.6 is 0 Å². The van der Waals surface area contributed by atoms with Gasteiger partial charge in [-0.3, -0.25) is 0 Å². The molecule has 8 fully saturated rings. The highest BCUT2D eigenvalue weighted by molar-refractivity contribution is 5.31. The lowest BCUT2D eigenvalue weighted by atomic mass is 9.54. The molecule has 0 aromatic carbocycles. The molecule has 8 rings (SSSR count). The minimum atomic E-state index is -2.18. The predicted octanol–water partition coefficient (Wildman–Crippen LogP) is 13.7. The van der Waals surface area contributed by atoms with Crippen LogP contribution in [0, 0.1) is 29.6 Å². The molecule has 4 bridgehead atoms. The van der Waals surface area contributed by atoms with Crippen LogP contribution in [0.5, 0.6) is 0 Å². The Labute approximate surface area is 432 Å². The van der Waals surface area contributed by atoms with Crippen LogP contribution < -0.4 is 0 Å². The molecule has 0 amide bonds. The maximum atomic E-state index is 8.81. The third kappa shape index (κ3) is 11.6. The highest BCUT2D eigenvalue weighted by Gasteiger charge is 3.01. The van der Waals surface area contributed by atoms with E-state index in [1.54, 1.807) is 7.11 Å². The van der Waals surface area contributed by atoms with E-state index in [0.717, 1.165) is 128 Å². The zero-order valence-corrected chi connectivity index (χ0v) is 47.2. The van der Waals surface area contributed by atoms with Crippen molar-refractivity contribution in [3.63, 3.8) is 0 Å². The van der Waals surface area contributed by atoms with E-state index in [1.165, 1.54) is 19.3 Å². The standard InChI is InChI=1S/C59H106O12/c1-12-17-19-23-35-63-55(65-36-31-44(6)7)57(67-46(10)15-4,64-34-22-18-13-2)56(62-33-14-3,66-43-45(8)9)59(71-54(61-16-5)32-25-30-52(54)60-11,70-53-40-47-37-48(41-53)39-49(38-47)42-53)58(55,69-51-28-24-29-51)68-50-26-20-21-27-50/h44-52H,12-43H2,1-11H3. The molecule has 0 saturated heterocycles. The largest absolute Gasteiger partial charge is 0.376 e. The molecule has 71 heavy (non-hydrogen) atoms. The van der Waals surface area contributed by atoms with E-state index in [2.05, 4.69) is 62.3 Å². The first-order valence-electron chi connectivity index (χ1n) is 30.1. The van der Waals surface area contributed by atoms with Crippen molar-refractivity contribution in [2.24, 2.45) is 29.6 Å². The van der Waals surface area contributed by atoms with Crippen molar-refractivity contribution in [3.05, 3.63) is 0 Å². The van der Waals surface area contributed by atoms with Crippen molar-refractivity contribution >= 4 is 0 Å². The smallest absolute Gasteiger partial charge is 0.295 e. The van der Waals surface area contributed by atoms with Gasteiger partial charge in [0.1, 0.15) is 6.10 Å². The van der Waals surface area contributed by atoms with Gasteiger partial charge in [-0.2, -0.15) is 0 Å². The second kappa shape index (κ2) is 25.8. The summed E-state index contributed by atoms with van der Waals surface area (Å²) in [6.45, 7) is 23.6. The molecule has 0 aromatic rings. The normalized spacial score (nSPS) is 38.7. The third-order valence-corrected chi connectivity index (χ3v) is 17.4. The van der Waals surface area contributed by atoms with E-state index in [-0.39, 0.29) is 31.3 Å². The van der Waals surface area contributed by atoms with Crippen LogP contribution in [0.4, 0.5) is 0 Å². The van der Waals surface area contributed by atoms with Crippen molar-refractivity contribution in [1.82, 2.24) is 0 Å². The van der Waals surface area contributed by atoms with Crippen LogP contribution in [-0.4, -0.2) is 111 Å². The first-order valence-corrected chi connectivity index (χ1v) is 30.1.